The van der Waals surface area contributed by atoms with E-state index in [1.165, 1.54) is 15.9 Å². The SMILES string of the molecule is CN(CCc1cccs1)C(=O)[C@@H](Cc1ccc2ccccc2c1)N(C)C(=O)C=CCC(C)(C)N(C)C(=O)OC(C)(C)C. The summed E-state index contributed by atoms with van der Waals surface area (Å²) in [6.07, 6.45) is 4.44. The molecule has 2 aromatic carbocycles. The fraction of sp³-hybridized carbons (Fsp3) is 0.441. The molecule has 3 rings (SSSR count). The molecule has 3 amide bonds. The minimum atomic E-state index is -0.672. The number of carbonyl (C=O) groups excluding carboxylic acids is 3. The van der Waals surface area contributed by atoms with Crippen LogP contribution in [0.2, 0.25) is 0 Å². The first-order valence-electron chi connectivity index (χ1n) is 14.3. The molecule has 3 aromatic rings. The van der Waals surface area contributed by atoms with E-state index >= 15 is 0 Å². The van der Waals surface area contributed by atoms with Gasteiger partial charge < -0.3 is 19.4 Å². The van der Waals surface area contributed by atoms with Gasteiger partial charge in [0, 0.05) is 44.5 Å². The van der Waals surface area contributed by atoms with Crippen molar-refractivity contribution in [3.63, 3.8) is 0 Å². The third kappa shape index (κ3) is 9.18. The number of carbonyl (C=O) groups is 3. The van der Waals surface area contributed by atoms with Crippen molar-refractivity contribution in [1.82, 2.24) is 14.7 Å². The Labute approximate surface area is 254 Å². The highest BCUT2D eigenvalue weighted by Crippen LogP contribution is 2.22. The van der Waals surface area contributed by atoms with E-state index in [2.05, 4.69) is 30.3 Å². The van der Waals surface area contributed by atoms with Gasteiger partial charge in [-0.15, -0.1) is 11.3 Å². The van der Waals surface area contributed by atoms with Crippen LogP contribution in [0.5, 0.6) is 0 Å². The quantitative estimate of drug-likeness (QED) is 0.237. The predicted octanol–water partition coefficient (Wildman–Crippen LogP) is 6.56. The number of nitrogens with zero attached hydrogens (tertiary/aromatic N) is 3. The topological polar surface area (TPSA) is 70.2 Å². The molecule has 0 radical (unpaired) electrons. The Morgan fingerprint density at radius 1 is 0.929 bits per heavy atom. The molecule has 0 spiro atoms. The van der Waals surface area contributed by atoms with E-state index in [1.807, 2.05) is 64.3 Å². The Morgan fingerprint density at radius 2 is 1.62 bits per heavy atom. The lowest BCUT2D eigenvalue weighted by Gasteiger charge is -2.36. The van der Waals surface area contributed by atoms with Crippen LogP contribution in [0.4, 0.5) is 4.79 Å². The Bertz CT molecular complexity index is 1390. The fourth-order valence-corrected chi connectivity index (χ4v) is 5.21. The summed E-state index contributed by atoms with van der Waals surface area (Å²) in [5, 5.41) is 4.26. The number of ether oxygens (including phenoxy) is 1. The van der Waals surface area contributed by atoms with Gasteiger partial charge in [-0.05, 0) is 81.3 Å². The third-order valence-corrected chi connectivity index (χ3v) is 8.38. The minimum Gasteiger partial charge on any atom is -0.444 e. The molecule has 0 bridgehead atoms. The largest absolute Gasteiger partial charge is 0.444 e. The average molecular weight is 592 g/mol. The summed E-state index contributed by atoms with van der Waals surface area (Å²) in [7, 11) is 5.17. The smallest absolute Gasteiger partial charge is 0.410 e. The van der Waals surface area contributed by atoms with E-state index in [0.717, 1.165) is 22.8 Å². The van der Waals surface area contributed by atoms with E-state index in [0.29, 0.717) is 19.4 Å². The zero-order valence-electron chi connectivity index (χ0n) is 26.2. The average Bonchev–Trinajstić information content (AvgIpc) is 3.46. The molecule has 0 saturated carbocycles. The summed E-state index contributed by atoms with van der Waals surface area (Å²) in [5.41, 5.74) is -0.193. The van der Waals surface area contributed by atoms with Crippen molar-refractivity contribution in [3.8, 4) is 0 Å². The maximum Gasteiger partial charge on any atom is 0.410 e. The van der Waals surface area contributed by atoms with E-state index < -0.39 is 23.3 Å². The van der Waals surface area contributed by atoms with Crippen molar-refractivity contribution < 1.29 is 19.1 Å². The summed E-state index contributed by atoms with van der Waals surface area (Å²) in [6.45, 7) is 9.89. The van der Waals surface area contributed by atoms with Crippen LogP contribution in [0.15, 0.2) is 72.1 Å². The summed E-state index contributed by atoms with van der Waals surface area (Å²) in [4.78, 5) is 45.8. The van der Waals surface area contributed by atoms with Gasteiger partial charge in [-0.3, -0.25) is 9.59 Å². The number of hydrogen-bond donors (Lipinski definition) is 0. The molecule has 1 aromatic heterocycles. The van der Waals surface area contributed by atoms with Gasteiger partial charge in [-0.2, -0.15) is 0 Å². The first kappa shape index (κ1) is 32.9. The monoisotopic (exact) mass is 591 g/mol. The first-order valence-corrected chi connectivity index (χ1v) is 15.2. The lowest BCUT2D eigenvalue weighted by atomic mass is 9.98. The maximum atomic E-state index is 13.8. The van der Waals surface area contributed by atoms with Crippen LogP contribution in [-0.4, -0.2) is 77.5 Å². The van der Waals surface area contributed by atoms with Crippen LogP contribution in [0.25, 0.3) is 10.8 Å². The molecule has 226 valence electrons. The second kappa shape index (κ2) is 14.0. The van der Waals surface area contributed by atoms with E-state index in [1.54, 1.807) is 48.4 Å². The Kier molecular flexibility index (Phi) is 11.0. The van der Waals surface area contributed by atoms with Crippen molar-refractivity contribution in [1.29, 1.82) is 0 Å². The zero-order valence-corrected chi connectivity index (χ0v) is 27.0. The molecule has 1 heterocycles. The van der Waals surface area contributed by atoms with Crippen LogP contribution < -0.4 is 0 Å². The predicted molar refractivity (Wildman–Crippen MR) is 172 cm³/mol. The highest BCUT2D eigenvalue weighted by atomic mass is 32.1. The Balaban J connectivity index is 1.76. The van der Waals surface area contributed by atoms with Gasteiger partial charge in [-0.25, -0.2) is 4.79 Å². The molecule has 1 atom stereocenters. The fourth-order valence-electron chi connectivity index (χ4n) is 4.51. The molecular weight excluding hydrogens is 546 g/mol. The molecule has 7 nitrogen and oxygen atoms in total. The lowest BCUT2D eigenvalue weighted by molar-refractivity contribution is -0.141. The molecule has 0 N–H and O–H groups in total. The minimum absolute atomic E-state index is 0.103. The number of likely N-dealkylation sites (N-methyl/N-ethyl adjacent to an activating group) is 2. The van der Waals surface area contributed by atoms with Gasteiger partial charge in [0.25, 0.3) is 0 Å². The number of rotatable bonds is 11. The summed E-state index contributed by atoms with van der Waals surface area (Å²) in [5.74, 6) is -0.370. The summed E-state index contributed by atoms with van der Waals surface area (Å²) in [6, 6.07) is 17.7. The molecule has 42 heavy (non-hydrogen) atoms. The van der Waals surface area contributed by atoms with Crippen LogP contribution in [0, 0.1) is 0 Å². The van der Waals surface area contributed by atoms with Crippen LogP contribution in [0.1, 0.15) is 51.5 Å². The van der Waals surface area contributed by atoms with Crippen molar-refractivity contribution in [2.45, 2.75) is 71.1 Å². The number of fused-ring (bicyclic) bond motifs is 1. The van der Waals surface area contributed by atoms with Crippen LogP contribution in [-0.2, 0) is 27.2 Å². The Hall–Kier alpha value is -3.65. The first-order chi connectivity index (χ1) is 19.7. The second-order valence-corrected chi connectivity index (χ2v) is 13.4. The van der Waals surface area contributed by atoms with E-state index in [-0.39, 0.29) is 11.8 Å². The van der Waals surface area contributed by atoms with Gasteiger partial charge >= 0.3 is 6.09 Å². The zero-order chi connectivity index (χ0) is 31.1. The van der Waals surface area contributed by atoms with Crippen LogP contribution in [0.3, 0.4) is 0 Å². The van der Waals surface area contributed by atoms with Gasteiger partial charge in [0.15, 0.2) is 0 Å². The molecule has 0 aliphatic heterocycles. The molecule has 0 unspecified atom stereocenters. The van der Waals surface area contributed by atoms with Crippen molar-refractivity contribution >= 4 is 40.0 Å². The van der Waals surface area contributed by atoms with Gasteiger partial charge in [0.2, 0.25) is 11.8 Å². The molecule has 0 saturated heterocycles. The number of benzene rings is 2. The lowest BCUT2D eigenvalue weighted by Crippen LogP contribution is -2.49. The summed E-state index contributed by atoms with van der Waals surface area (Å²) >= 11 is 1.67. The second-order valence-electron chi connectivity index (χ2n) is 12.4. The molecule has 8 heteroatoms. The Morgan fingerprint density at radius 3 is 2.26 bits per heavy atom. The van der Waals surface area contributed by atoms with E-state index in [9.17, 15) is 14.4 Å². The number of amides is 3. The third-order valence-electron chi connectivity index (χ3n) is 7.45. The van der Waals surface area contributed by atoms with Crippen molar-refractivity contribution in [2.75, 3.05) is 27.7 Å². The highest BCUT2D eigenvalue weighted by Gasteiger charge is 2.31. The molecule has 0 fully saturated rings. The summed E-state index contributed by atoms with van der Waals surface area (Å²) < 4.78 is 5.50. The van der Waals surface area contributed by atoms with Gasteiger partial charge in [0.1, 0.15) is 11.6 Å². The molecule has 0 aliphatic carbocycles. The van der Waals surface area contributed by atoms with E-state index in [4.69, 9.17) is 4.74 Å². The highest BCUT2D eigenvalue weighted by molar-refractivity contribution is 7.09. The van der Waals surface area contributed by atoms with Crippen LogP contribution >= 0.6 is 11.3 Å². The number of thiophene rings is 1. The van der Waals surface area contributed by atoms with Gasteiger partial charge in [0.05, 0.1) is 0 Å². The van der Waals surface area contributed by atoms with Crippen molar-refractivity contribution in [2.24, 2.45) is 0 Å². The number of hydrogen-bond acceptors (Lipinski definition) is 5. The van der Waals surface area contributed by atoms with Gasteiger partial charge in [-0.1, -0.05) is 54.6 Å². The maximum absolute atomic E-state index is 13.8. The molecular formula is C34H45N3O4S. The van der Waals surface area contributed by atoms with Crippen molar-refractivity contribution in [3.05, 3.63) is 82.6 Å². The molecule has 0 aliphatic rings. The standard InChI is InChI=1S/C34H45N3O4S/c1-33(2,3)41-32(40)37(8)34(4,5)20-11-16-30(38)36(7)29(31(39)35(6)21-19-28-15-12-22-42-28)24-25-17-18-26-13-9-10-14-27(26)23-25/h9-18,22-23,29H,19-21,24H2,1-8H3/t29-/m1/s1. The normalized spacial score (nSPS) is 12.8.